The standard InChI is InChI=1S/C21H37N5O9/c1-3-11(2)17(23)20(33)24-12(7-8-15(27)28)18(31)26-14(10-16(29)30)19(32)25-13(21(34)35)6-4-5-9-22/h11-14,17H,3-10,22-23H2,1-2H3,(H,24,33)(H,25,32)(H,26,31)(H,27,28)(H,29,30)(H,34,35). The van der Waals surface area contributed by atoms with Crippen molar-refractivity contribution >= 4 is 35.6 Å². The van der Waals surface area contributed by atoms with Crippen LogP contribution in [-0.2, 0) is 28.8 Å². The van der Waals surface area contributed by atoms with Gasteiger partial charge in [0.1, 0.15) is 18.1 Å². The zero-order valence-corrected chi connectivity index (χ0v) is 20.0. The Balaban J connectivity index is 5.57. The summed E-state index contributed by atoms with van der Waals surface area (Å²) in [6.45, 7) is 3.85. The van der Waals surface area contributed by atoms with Gasteiger partial charge in [0.05, 0.1) is 12.5 Å². The molecule has 0 aliphatic heterocycles. The maximum atomic E-state index is 12.8. The van der Waals surface area contributed by atoms with Crippen molar-refractivity contribution in [1.82, 2.24) is 16.0 Å². The molecule has 0 aromatic carbocycles. The second-order valence-corrected chi connectivity index (χ2v) is 8.25. The Hall–Kier alpha value is -3.26. The Morgan fingerprint density at radius 2 is 1.31 bits per heavy atom. The molecule has 5 atom stereocenters. The number of aliphatic carboxylic acids is 3. The Morgan fingerprint density at radius 1 is 0.771 bits per heavy atom. The van der Waals surface area contributed by atoms with Gasteiger partial charge >= 0.3 is 17.9 Å². The first kappa shape index (κ1) is 31.7. The van der Waals surface area contributed by atoms with Gasteiger partial charge in [0.2, 0.25) is 17.7 Å². The van der Waals surface area contributed by atoms with E-state index in [4.69, 9.17) is 21.7 Å². The second kappa shape index (κ2) is 16.4. The minimum Gasteiger partial charge on any atom is -0.481 e. The number of hydrogen-bond acceptors (Lipinski definition) is 8. The lowest BCUT2D eigenvalue weighted by Crippen LogP contribution is -2.58. The number of carbonyl (C=O) groups excluding carboxylic acids is 3. The quantitative estimate of drug-likeness (QED) is 0.0985. The van der Waals surface area contributed by atoms with Crippen LogP contribution in [0.2, 0.25) is 0 Å². The number of carboxylic acids is 3. The molecule has 0 spiro atoms. The number of nitrogens with one attached hydrogen (secondary N) is 3. The van der Waals surface area contributed by atoms with Crippen LogP contribution in [0.1, 0.15) is 58.8 Å². The number of rotatable bonds is 18. The van der Waals surface area contributed by atoms with Crippen molar-refractivity contribution in [2.75, 3.05) is 6.54 Å². The molecule has 3 amide bonds. The van der Waals surface area contributed by atoms with Crippen molar-refractivity contribution in [1.29, 1.82) is 0 Å². The summed E-state index contributed by atoms with van der Waals surface area (Å²) in [5.41, 5.74) is 11.2. The summed E-state index contributed by atoms with van der Waals surface area (Å²) >= 11 is 0. The van der Waals surface area contributed by atoms with Crippen LogP contribution in [0, 0.1) is 5.92 Å². The molecule has 5 unspecified atom stereocenters. The topological polar surface area (TPSA) is 251 Å². The fraction of sp³-hybridized carbons (Fsp3) is 0.714. The third-order valence-corrected chi connectivity index (χ3v) is 5.41. The van der Waals surface area contributed by atoms with Crippen LogP contribution in [0.3, 0.4) is 0 Å². The normalized spacial score (nSPS) is 15.1. The van der Waals surface area contributed by atoms with Crippen molar-refractivity contribution in [3.05, 3.63) is 0 Å². The van der Waals surface area contributed by atoms with Crippen molar-refractivity contribution < 1.29 is 44.1 Å². The van der Waals surface area contributed by atoms with Crippen LogP contribution < -0.4 is 27.4 Å². The molecular formula is C21H37N5O9. The molecule has 0 aliphatic rings. The van der Waals surface area contributed by atoms with Gasteiger partial charge in [-0.25, -0.2) is 4.79 Å². The third-order valence-electron chi connectivity index (χ3n) is 5.41. The first-order chi connectivity index (χ1) is 16.3. The summed E-state index contributed by atoms with van der Waals surface area (Å²) in [5.74, 6) is -7.06. The molecule has 0 saturated carbocycles. The predicted molar refractivity (Wildman–Crippen MR) is 123 cm³/mol. The highest BCUT2D eigenvalue weighted by Crippen LogP contribution is 2.08. The number of nitrogens with two attached hydrogens (primary N) is 2. The highest BCUT2D eigenvalue weighted by atomic mass is 16.4. The summed E-state index contributed by atoms with van der Waals surface area (Å²) in [6, 6.07) is -5.41. The van der Waals surface area contributed by atoms with Crippen molar-refractivity contribution in [3.63, 3.8) is 0 Å². The molecule has 0 aliphatic carbocycles. The van der Waals surface area contributed by atoms with E-state index in [1.165, 1.54) is 0 Å². The minimum atomic E-state index is -1.68. The second-order valence-electron chi connectivity index (χ2n) is 8.25. The third kappa shape index (κ3) is 12.7. The van der Waals surface area contributed by atoms with Gasteiger partial charge in [0.15, 0.2) is 0 Å². The number of carbonyl (C=O) groups is 6. The van der Waals surface area contributed by atoms with E-state index in [1.54, 1.807) is 6.92 Å². The van der Waals surface area contributed by atoms with Crippen LogP contribution >= 0.6 is 0 Å². The lowest BCUT2D eigenvalue weighted by Gasteiger charge is -2.25. The van der Waals surface area contributed by atoms with E-state index in [1.807, 2.05) is 6.92 Å². The first-order valence-electron chi connectivity index (χ1n) is 11.4. The van der Waals surface area contributed by atoms with Gasteiger partial charge in [0.25, 0.3) is 0 Å². The zero-order valence-electron chi connectivity index (χ0n) is 20.0. The zero-order chi connectivity index (χ0) is 27.1. The van der Waals surface area contributed by atoms with E-state index < -0.39 is 72.6 Å². The van der Waals surface area contributed by atoms with E-state index in [-0.39, 0.29) is 18.8 Å². The molecule has 0 fully saturated rings. The SMILES string of the molecule is CCC(C)C(N)C(=O)NC(CCC(=O)O)C(=O)NC(CC(=O)O)C(=O)NC(CCCCN)C(=O)O. The molecule has 0 aromatic rings. The highest BCUT2D eigenvalue weighted by Gasteiger charge is 2.32. The Bertz CT molecular complexity index is 761. The molecule has 0 aromatic heterocycles. The predicted octanol–water partition coefficient (Wildman–Crippen LogP) is -1.63. The number of carboxylic acid groups (broad SMARTS) is 3. The van der Waals surface area contributed by atoms with E-state index in [0.717, 1.165) is 0 Å². The van der Waals surface area contributed by atoms with E-state index in [9.17, 15) is 33.9 Å². The molecule has 14 heteroatoms. The minimum absolute atomic E-state index is 0.0385. The maximum Gasteiger partial charge on any atom is 0.326 e. The molecule has 0 heterocycles. The molecule has 14 nitrogen and oxygen atoms in total. The maximum absolute atomic E-state index is 12.8. The highest BCUT2D eigenvalue weighted by molar-refractivity contribution is 5.95. The molecule has 35 heavy (non-hydrogen) atoms. The molecule has 0 saturated heterocycles. The summed E-state index contributed by atoms with van der Waals surface area (Å²) < 4.78 is 0. The smallest absolute Gasteiger partial charge is 0.326 e. The van der Waals surface area contributed by atoms with Crippen molar-refractivity contribution in [3.8, 4) is 0 Å². The van der Waals surface area contributed by atoms with Gasteiger partial charge in [-0.05, 0) is 38.1 Å². The molecule has 10 N–H and O–H groups in total. The van der Waals surface area contributed by atoms with Gasteiger partial charge in [0, 0.05) is 6.42 Å². The number of unbranched alkanes of at least 4 members (excludes halogenated alkanes) is 1. The molecule has 0 rings (SSSR count). The molecule has 0 radical (unpaired) electrons. The Labute approximate surface area is 203 Å². The average Bonchev–Trinajstić information content (AvgIpc) is 2.78. The fourth-order valence-corrected chi connectivity index (χ4v) is 3.00. The monoisotopic (exact) mass is 503 g/mol. The lowest BCUT2D eigenvalue weighted by atomic mass is 9.98. The van der Waals surface area contributed by atoms with Crippen molar-refractivity contribution in [2.45, 2.75) is 83.0 Å². The van der Waals surface area contributed by atoms with E-state index in [0.29, 0.717) is 25.8 Å². The van der Waals surface area contributed by atoms with Crippen molar-refractivity contribution in [2.24, 2.45) is 17.4 Å². The van der Waals surface area contributed by atoms with Gasteiger partial charge in [-0.2, -0.15) is 0 Å². The molecular weight excluding hydrogens is 466 g/mol. The number of amides is 3. The van der Waals surface area contributed by atoms with Gasteiger partial charge in [-0.15, -0.1) is 0 Å². The molecule has 200 valence electrons. The average molecular weight is 504 g/mol. The van der Waals surface area contributed by atoms with Crippen LogP contribution in [0.15, 0.2) is 0 Å². The molecule has 0 bridgehead atoms. The summed E-state index contributed by atoms with van der Waals surface area (Å²) in [7, 11) is 0. The Morgan fingerprint density at radius 3 is 1.80 bits per heavy atom. The summed E-state index contributed by atoms with van der Waals surface area (Å²) in [6.07, 6.45) is -0.220. The van der Waals surface area contributed by atoms with Crippen LogP contribution in [0.5, 0.6) is 0 Å². The Kier molecular flexibility index (Phi) is 14.9. The van der Waals surface area contributed by atoms with E-state index >= 15 is 0 Å². The lowest BCUT2D eigenvalue weighted by molar-refractivity contribution is -0.143. The van der Waals surface area contributed by atoms with Crippen LogP contribution in [0.25, 0.3) is 0 Å². The van der Waals surface area contributed by atoms with Gasteiger partial charge < -0.3 is 42.7 Å². The van der Waals surface area contributed by atoms with Gasteiger partial charge in [-0.1, -0.05) is 20.3 Å². The van der Waals surface area contributed by atoms with Crippen LogP contribution in [0.4, 0.5) is 0 Å². The first-order valence-corrected chi connectivity index (χ1v) is 11.4. The van der Waals surface area contributed by atoms with E-state index in [2.05, 4.69) is 16.0 Å². The largest absolute Gasteiger partial charge is 0.481 e. The summed E-state index contributed by atoms with van der Waals surface area (Å²) in [4.78, 5) is 71.6. The van der Waals surface area contributed by atoms with Crippen LogP contribution in [-0.4, -0.2) is 81.7 Å². The number of hydrogen-bond donors (Lipinski definition) is 8. The summed E-state index contributed by atoms with van der Waals surface area (Å²) in [5, 5.41) is 34.2. The van der Waals surface area contributed by atoms with Gasteiger partial charge in [-0.3, -0.25) is 24.0 Å². The fourth-order valence-electron chi connectivity index (χ4n) is 3.00.